The number of hydrogen-bond acceptors (Lipinski definition) is 5. The number of nitrogens with zero attached hydrogens (tertiary/aromatic N) is 2. The van der Waals surface area contributed by atoms with Gasteiger partial charge in [-0.1, -0.05) is 24.3 Å². The number of carbonyl (C=O) groups excluding carboxylic acids is 1. The number of benzene rings is 2. The van der Waals surface area contributed by atoms with Gasteiger partial charge in [0, 0.05) is 6.07 Å². The molecule has 0 aliphatic carbocycles. The van der Waals surface area contributed by atoms with Gasteiger partial charge in [-0.15, -0.1) is 0 Å². The summed E-state index contributed by atoms with van der Waals surface area (Å²) in [7, 11) is 1.51. The summed E-state index contributed by atoms with van der Waals surface area (Å²) in [5.74, 6) is -1.30. The third-order valence-corrected chi connectivity index (χ3v) is 4.70. The van der Waals surface area contributed by atoms with E-state index in [9.17, 15) is 19.8 Å². The Bertz CT molecular complexity index is 1090. The molecule has 1 amide bonds. The van der Waals surface area contributed by atoms with Crippen LogP contribution in [0.2, 0.25) is 0 Å². The van der Waals surface area contributed by atoms with Gasteiger partial charge in [0.1, 0.15) is 5.75 Å². The molecule has 0 bridgehead atoms. The van der Waals surface area contributed by atoms with Gasteiger partial charge < -0.3 is 20.3 Å². The van der Waals surface area contributed by atoms with Gasteiger partial charge in [0.2, 0.25) is 5.88 Å². The number of carboxylic acid groups (broad SMARTS) is 1. The number of rotatable bonds is 7. The number of methoxy groups -OCH3 is 1. The molecule has 2 aromatic carbocycles. The molecule has 30 heavy (non-hydrogen) atoms. The molecule has 0 saturated heterocycles. The Morgan fingerprint density at radius 2 is 1.93 bits per heavy atom. The fourth-order valence-electron chi connectivity index (χ4n) is 3.12. The van der Waals surface area contributed by atoms with Crippen molar-refractivity contribution in [2.75, 3.05) is 7.11 Å². The van der Waals surface area contributed by atoms with Crippen molar-refractivity contribution in [1.82, 2.24) is 15.1 Å². The van der Waals surface area contributed by atoms with Gasteiger partial charge in [-0.3, -0.25) is 9.59 Å². The van der Waals surface area contributed by atoms with Crippen LogP contribution in [0.5, 0.6) is 11.6 Å². The first-order chi connectivity index (χ1) is 14.3. The lowest BCUT2D eigenvalue weighted by Gasteiger charge is -2.17. The maximum absolute atomic E-state index is 12.8. The van der Waals surface area contributed by atoms with Crippen LogP contribution in [0.3, 0.4) is 0 Å². The summed E-state index contributed by atoms with van der Waals surface area (Å²) < 4.78 is 6.47. The zero-order valence-electron chi connectivity index (χ0n) is 16.9. The summed E-state index contributed by atoms with van der Waals surface area (Å²) in [6.45, 7) is 3.79. The molecule has 1 heterocycles. The number of aliphatic carboxylic acids is 1. The second-order valence-corrected chi connectivity index (χ2v) is 6.99. The minimum Gasteiger partial charge on any atom is -0.497 e. The second kappa shape index (κ2) is 8.69. The molecule has 8 heteroatoms. The fraction of sp³-hybridized carbons (Fsp3) is 0.227. The number of aromatic hydroxyl groups is 1. The normalized spacial score (nSPS) is 11.7. The van der Waals surface area contributed by atoms with Crippen molar-refractivity contribution in [3.05, 3.63) is 70.9 Å². The number of amides is 1. The van der Waals surface area contributed by atoms with Crippen LogP contribution in [-0.4, -0.2) is 39.0 Å². The number of aromatic nitrogens is 2. The number of ether oxygens (including phenoxy) is 1. The van der Waals surface area contributed by atoms with Crippen molar-refractivity contribution < 1.29 is 24.5 Å². The van der Waals surface area contributed by atoms with Crippen molar-refractivity contribution in [3.8, 4) is 17.3 Å². The highest BCUT2D eigenvalue weighted by atomic mass is 16.5. The van der Waals surface area contributed by atoms with Gasteiger partial charge in [0.15, 0.2) is 5.69 Å². The molecule has 0 spiro atoms. The third kappa shape index (κ3) is 4.60. The van der Waals surface area contributed by atoms with Crippen LogP contribution in [0.25, 0.3) is 5.69 Å². The molecule has 0 aliphatic rings. The quantitative estimate of drug-likeness (QED) is 0.552. The predicted molar refractivity (Wildman–Crippen MR) is 110 cm³/mol. The number of nitrogens with one attached hydrogen (secondary N) is 1. The summed E-state index contributed by atoms with van der Waals surface area (Å²) in [6.07, 6.45) is -0.317. The molecular weight excluding hydrogens is 386 g/mol. The molecule has 1 aromatic heterocycles. The van der Waals surface area contributed by atoms with Crippen LogP contribution < -0.4 is 10.1 Å². The lowest BCUT2D eigenvalue weighted by molar-refractivity contribution is -0.137. The van der Waals surface area contributed by atoms with Gasteiger partial charge in [0.05, 0.1) is 25.3 Å². The minimum atomic E-state index is -1.06. The zero-order valence-corrected chi connectivity index (χ0v) is 16.9. The van der Waals surface area contributed by atoms with Gasteiger partial charge in [-0.2, -0.15) is 5.10 Å². The van der Waals surface area contributed by atoms with Crippen molar-refractivity contribution >= 4 is 11.9 Å². The molecule has 156 valence electrons. The number of hydrogen-bond donors (Lipinski definition) is 3. The second-order valence-electron chi connectivity index (χ2n) is 6.99. The first-order valence-electron chi connectivity index (χ1n) is 9.31. The minimum absolute atomic E-state index is 0.0216. The van der Waals surface area contributed by atoms with E-state index in [4.69, 9.17) is 4.74 Å². The molecule has 1 unspecified atom stereocenters. The van der Waals surface area contributed by atoms with E-state index in [-0.39, 0.29) is 18.0 Å². The van der Waals surface area contributed by atoms with Crippen LogP contribution in [0.1, 0.15) is 39.6 Å². The summed E-state index contributed by atoms with van der Waals surface area (Å²) in [4.78, 5) is 24.1. The van der Waals surface area contributed by atoms with E-state index in [0.29, 0.717) is 17.0 Å². The van der Waals surface area contributed by atoms with Crippen molar-refractivity contribution in [2.45, 2.75) is 26.3 Å². The van der Waals surface area contributed by atoms with Crippen molar-refractivity contribution in [2.24, 2.45) is 0 Å². The lowest BCUT2D eigenvalue weighted by atomic mass is 10.0. The van der Waals surface area contributed by atoms with Gasteiger partial charge in [-0.05, 0) is 48.7 Å². The van der Waals surface area contributed by atoms with Crippen LogP contribution in [0.15, 0.2) is 48.5 Å². The smallest absolute Gasteiger partial charge is 0.305 e. The summed E-state index contributed by atoms with van der Waals surface area (Å²) >= 11 is 0. The SMILES string of the molecule is COc1cccc(C(CC(=O)O)NC(=O)c2cc(O)n(-c3cc(C)ccc3C)n2)c1. The van der Waals surface area contributed by atoms with E-state index in [1.54, 1.807) is 24.3 Å². The van der Waals surface area contributed by atoms with E-state index in [1.807, 2.05) is 32.0 Å². The van der Waals surface area contributed by atoms with Gasteiger partial charge in [-0.25, -0.2) is 4.68 Å². The van der Waals surface area contributed by atoms with E-state index < -0.39 is 17.9 Å². The molecule has 1 atom stereocenters. The highest BCUT2D eigenvalue weighted by Gasteiger charge is 2.22. The molecule has 3 rings (SSSR count). The van der Waals surface area contributed by atoms with E-state index in [2.05, 4.69) is 10.4 Å². The van der Waals surface area contributed by atoms with E-state index >= 15 is 0 Å². The number of carboxylic acids is 1. The van der Waals surface area contributed by atoms with Gasteiger partial charge >= 0.3 is 5.97 Å². The van der Waals surface area contributed by atoms with Crippen molar-refractivity contribution in [1.29, 1.82) is 0 Å². The summed E-state index contributed by atoms with van der Waals surface area (Å²) in [5, 5.41) is 26.5. The molecule has 3 N–H and O–H groups in total. The van der Waals surface area contributed by atoms with E-state index in [0.717, 1.165) is 11.1 Å². The molecule has 0 aliphatic heterocycles. The van der Waals surface area contributed by atoms with Gasteiger partial charge in [0.25, 0.3) is 5.91 Å². The number of aryl methyl sites for hydroxylation is 2. The topological polar surface area (TPSA) is 114 Å². The Balaban J connectivity index is 1.89. The first kappa shape index (κ1) is 20.9. The molecular formula is C22H23N3O5. The monoisotopic (exact) mass is 409 g/mol. The maximum atomic E-state index is 12.8. The Kier molecular flexibility index (Phi) is 6.06. The Morgan fingerprint density at radius 1 is 1.17 bits per heavy atom. The Morgan fingerprint density at radius 3 is 2.63 bits per heavy atom. The Hall–Kier alpha value is -3.81. The average molecular weight is 409 g/mol. The molecule has 0 saturated carbocycles. The highest BCUT2D eigenvalue weighted by Crippen LogP contribution is 2.24. The van der Waals surface area contributed by atoms with E-state index in [1.165, 1.54) is 17.9 Å². The standard InChI is InChI=1S/C22H23N3O5/c1-13-7-8-14(2)19(9-13)25-20(26)11-18(24-25)22(29)23-17(12-21(27)28)15-5-4-6-16(10-15)30-3/h4-11,17,26H,12H2,1-3H3,(H,23,29)(H,27,28). The van der Waals surface area contributed by atoms with Crippen molar-refractivity contribution in [3.63, 3.8) is 0 Å². The zero-order chi connectivity index (χ0) is 21.8. The molecule has 8 nitrogen and oxygen atoms in total. The number of carbonyl (C=O) groups is 2. The van der Waals surface area contributed by atoms with Crippen LogP contribution in [0, 0.1) is 13.8 Å². The van der Waals surface area contributed by atoms with Crippen LogP contribution in [-0.2, 0) is 4.79 Å². The van der Waals surface area contributed by atoms with Crippen LogP contribution >= 0.6 is 0 Å². The largest absolute Gasteiger partial charge is 0.497 e. The average Bonchev–Trinajstić information content (AvgIpc) is 3.10. The highest BCUT2D eigenvalue weighted by molar-refractivity contribution is 5.93. The lowest BCUT2D eigenvalue weighted by Crippen LogP contribution is -2.30. The molecule has 0 radical (unpaired) electrons. The first-order valence-corrected chi connectivity index (χ1v) is 9.31. The third-order valence-electron chi connectivity index (χ3n) is 4.70. The maximum Gasteiger partial charge on any atom is 0.305 e. The fourth-order valence-corrected chi connectivity index (χ4v) is 3.12. The Labute approximate surface area is 173 Å². The molecule has 3 aromatic rings. The van der Waals surface area contributed by atoms with Crippen LogP contribution in [0.4, 0.5) is 0 Å². The summed E-state index contributed by atoms with van der Waals surface area (Å²) in [6, 6.07) is 13.0. The molecule has 0 fully saturated rings. The predicted octanol–water partition coefficient (Wildman–Crippen LogP) is 3.15. The summed E-state index contributed by atoms with van der Waals surface area (Å²) in [5.41, 5.74) is 3.08.